The van der Waals surface area contributed by atoms with Crippen molar-refractivity contribution in [3.63, 3.8) is 0 Å². The van der Waals surface area contributed by atoms with Gasteiger partial charge in [0.1, 0.15) is 0 Å². The Balaban J connectivity index is -0.0000000865. The zero-order valence-electron chi connectivity index (χ0n) is 10.5. The molecule has 0 aliphatic heterocycles. The number of carboxylic acids is 3. The molecule has 0 aliphatic carbocycles. The van der Waals surface area contributed by atoms with Crippen molar-refractivity contribution in [2.24, 2.45) is 0 Å². The summed E-state index contributed by atoms with van der Waals surface area (Å²) < 4.78 is 0. The van der Waals surface area contributed by atoms with Crippen LogP contribution in [-0.2, 0) is 14.4 Å². The topological polar surface area (TPSA) is 181 Å². The Morgan fingerprint density at radius 2 is 0.737 bits per heavy atom. The second-order valence-electron chi connectivity index (χ2n) is 2.99. The molecule has 19 heavy (non-hydrogen) atoms. The summed E-state index contributed by atoms with van der Waals surface area (Å²) in [5.41, 5.74) is 0. The van der Waals surface area contributed by atoms with E-state index in [4.69, 9.17) is 15.3 Å². The van der Waals surface area contributed by atoms with Crippen LogP contribution < -0.4 is 15.3 Å². The van der Waals surface area contributed by atoms with Gasteiger partial charge in [0.05, 0.1) is 36.2 Å². The van der Waals surface area contributed by atoms with E-state index >= 15 is 0 Å². The zero-order valence-corrected chi connectivity index (χ0v) is 13.0. The summed E-state index contributed by atoms with van der Waals surface area (Å²) in [6.45, 7) is 3.40. The smallest absolute Gasteiger partial charge is 0.547 e. The maximum absolute atomic E-state index is 9.34. The molecule has 9 nitrogen and oxygen atoms in total. The fourth-order valence-corrected chi connectivity index (χ4v) is 0. The van der Waals surface area contributed by atoms with Crippen molar-refractivity contribution < 1.29 is 45.0 Å². The molecule has 0 rings (SSSR count). The molecule has 0 aromatic rings. The molecule has 0 amide bonds. The van der Waals surface area contributed by atoms with Crippen LogP contribution in [0.2, 0.25) is 0 Å². The van der Waals surface area contributed by atoms with Crippen molar-refractivity contribution in [3.05, 3.63) is 0 Å². The molecule has 110 valence electrons. The Labute approximate surface area is 126 Å². The van der Waals surface area contributed by atoms with Gasteiger partial charge < -0.3 is 45.0 Å². The summed E-state index contributed by atoms with van der Waals surface area (Å²) in [5.74, 6) is -4.31. The van der Waals surface area contributed by atoms with Gasteiger partial charge in [0.25, 0.3) is 0 Å². The predicted molar refractivity (Wildman–Crippen MR) is 55.8 cm³/mol. The molecule has 0 fully saturated rings. The Bertz CT molecular complexity index is 220. The third-order valence-corrected chi connectivity index (χ3v) is 1.02. The third kappa shape index (κ3) is 31.6. The zero-order chi connectivity index (χ0) is 15.5. The van der Waals surface area contributed by atoms with Crippen molar-refractivity contribution in [3.8, 4) is 0 Å². The summed E-state index contributed by atoms with van der Waals surface area (Å²) in [5, 5.41) is 51.9. The van der Waals surface area contributed by atoms with E-state index in [1.165, 1.54) is 0 Å². The summed E-state index contributed by atoms with van der Waals surface area (Å²) in [7, 11) is 0. The molecule has 3 N–H and O–H groups in total. The van der Waals surface area contributed by atoms with Gasteiger partial charge in [0.2, 0.25) is 0 Å². The second-order valence-corrected chi connectivity index (χ2v) is 2.99. The van der Waals surface area contributed by atoms with Crippen LogP contribution >= 0.6 is 0 Å². The van der Waals surface area contributed by atoms with Gasteiger partial charge in [-0.15, -0.1) is 0 Å². The number of carbonyl (C=O) groups is 3. The fraction of sp³-hybridized carbons (Fsp3) is 0.667. The van der Waals surface area contributed by atoms with Crippen molar-refractivity contribution in [1.29, 1.82) is 0 Å². The van der Waals surface area contributed by atoms with Gasteiger partial charge in [-0.3, -0.25) is 0 Å². The maximum Gasteiger partial charge on any atom is 3.00 e. The van der Waals surface area contributed by atoms with Gasteiger partial charge in [0, 0.05) is 0 Å². The van der Waals surface area contributed by atoms with Gasteiger partial charge >= 0.3 is 24.4 Å². The van der Waals surface area contributed by atoms with Crippen LogP contribution in [0.15, 0.2) is 0 Å². The van der Waals surface area contributed by atoms with Crippen LogP contribution in [0.4, 0.5) is 0 Å². The number of aliphatic hydroxyl groups is 3. The van der Waals surface area contributed by atoms with E-state index in [1.54, 1.807) is 0 Å². The molecule has 10 heteroatoms. The molecule has 0 saturated heterocycles. The van der Waals surface area contributed by atoms with Crippen LogP contribution in [0.3, 0.4) is 0 Å². The summed E-state index contributed by atoms with van der Waals surface area (Å²) in [6.07, 6.45) is -4.03. The van der Waals surface area contributed by atoms with Crippen LogP contribution in [0.25, 0.3) is 0 Å². The largest absolute Gasteiger partial charge is 3.00 e. The number of aliphatic hydroxyl groups excluding tert-OH is 3. The van der Waals surface area contributed by atoms with Crippen molar-refractivity contribution in [1.82, 2.24) is 0 Å². The summed E-state index contributed by atoms with van der Waals surface area (Å²) in [6, 6.07) is 0. The molecule has 0 heterocycles. The number of aliphatic carboxylic acids is 3. The molecular formula is C9H15O9Sb. The van der Waals surface area contributed by atoms with Crippen LogP contribution in [0.1, 0.15) is 20.8 Å². The Hall–Kier alpha value is -0.892. The van der Waals surface area contributed by atoms with Crippen LogP contribution in [0.5, 0.6) is 0 Å². The SMILES string of the molecule is CC(O)C(=O)[O-].CC(O)C(=O)[O-].CC(O)C(=O)[O-].[Sb+3]. The quantitative estimate of drug-likeness (QED) is 0.396. The first-order valence-corrected chi connectivity index (χ1v) is 4.60. The molecular weight excluding hydrogens is 374 g/mol. The average Bonchev–Trinajstić information content (AvgIpc) is 2.18. The van der Waals surface area contributed by atoms with Crippen molar-refractivity contribution >= 4 is 42.3 Å². The minimum absolute atomic E-state index is 0. The van der Waals surface area contributed by atoms with E-state index < -0.39 is 36.2 Å². The number of hydrogen-bond donors (Lipinski definition) is 3. The van der Waals surface area contributed by atoms with E-state index in [2.05, 4.69) is 0 Å². The first-order valence-electron chi connectivity index (χ1n) is 4.60. The second kappa shape index (κ2) is 15.2. The minimum atomic E-state index is -1.44. The average molecular weight is 389 g/mol. The minimum Gasteiger partial charge on any atom is -0.547 e. The van der Waals surface area contributed by atoms with Gasteiger partial charge in [-0.05, 0) is 20.8 Å². The van der Waals surface area contributed by atoms with Gasteiger partial charge in [0.15, 0.2) is 0 Å². The van der Waals surface area contributed by atoms with Crippen LogP contribution in [-0.4, -0.2) is 76.0 Å². The third-order valence-electron chi connectivity index (χ3n) is 1.02. The molecule has 3 unspecified atom stereocenters. The Morgan fingerprint density at radius 3 is 0.737 bits per heavy atom. The standard InChI is InChI=1S/3C3H6O3.Sb/c3*1-2(4)3(5)6;/h3*2,4H,1H3,(H,5,6);/q;;;+3/p-3. The van der Waals surface area contributed by atoms with E-state index in [-0.39, 0.29) is 24.4 Å². The van der Waals surface area contributed by atoms with Gasteiger partial charge in [-0.25, -0.2) is 0 Å². The van der Waals surface area contributed by atoms with Crippen molar-refractivity contribution in [2.75, 3.05) is 0 Å². The van der Waals surface area contributed by atoms with E-state index in [9.17, 15) is 29.7 Å². The normalized spacial score (nSPS) is 12.9. The predicted octanol–water partition coefficient (Wildman–Crippen LogP) is -6.03. The van der Waals surface area contributed by atoms with E-state index in [0.717, 1.165) is 20.8 Å². The summed E-state index contributed by atoms with van der Waals surface area (Å²) >= 11 is 0. The molecule has 0 bridgehead atoms. The molecule has 0 aliphatic rings. The summed E-state index contributed by atoms with van der Waals surface area (Å²) in [4.78, 5) is 28.0. The molecule has 3 atom stereocenters. The molecule has 0 aromatic heterocycles. The Kier molecular flexibility index (Phi) is 21.3. The number of carbonyl (C=O) groups excluding carboxylic acids is 3. The number of rotatable bonds is 3. The molecule has 0 aromatic carbocycles. The monoisotopic (exact) mass is 388 g/mol. The van der Waals surface area contributed by atoms with Gasteiger partial charge in [-0.1, -0.05) is 0 Å². The first kappa shape index (κ1) is 26.6. The fourth-order valence-electron chi connectivity index (χ4n) is 0. The van der Waals surface area contributed by atoms with Crippen molar-refractivity contribution in [2.45, 2.75) is 39.1 Å². The molecule has 2 radical (unpaired) electrons. The number of carboxylic acid groups (broad SMARTS) is 3. The first-order chi connectivity index (χ1) is 7.93. The Morgan fingerprint density at radius 1 is 0.684 bits per heavy atom. The van der Waals surface area contributed by atoms with E-state index in [0.29, 0.717) is 0 Å². The number of hydrogen-bond acceptors (Lipinski definition) is 9. The van der Waals surface area contributed by atoms with Gasteiger partial charge in [-0.2, -0.15) is 0 Å². The van der Waals surface area contributed by atoms with E-state index in [1.807, 2.05) is 0 Å². The molecule has 0 saturated carbocycles. The van der Waals surface area contributed by atoms with Crippen LogP contribution in [0, 0.1) is 0 Å². The molecule has 0 spiro atoms. The maximum atomic E-state index is 9.34.